The van der Waals surface area contributed by atoms with Crippen molar-refractivity contribution < 1.29 is 7.13 Å². The summed E-state index contributed by atoms with van der Waals surface area (Å²) in [6, 6.07) is 48.0. The number of hydrogen-bond donors (Lipinski definition) is 2. The molecule has 83 heavy (non-hydrogen) atoms. The summed E-state index contributed by atoms with van der Waals surface area (Å²) < 4.78 is 39.9. The molecule has 0 spiro atoms. The third-order valence-corrected chi connectivity index (χ3v) is 15.7. The number of hydrogen-bond acceptors (Lipinski definition) is 12. The van der Waals surface area contributed by atoms with Crippen LogP contribution in [0.15, 0.2) is 152 Å². The number of aromatic nitrogens is 8. The van der Waals surface area contributed by atoms with Crippen molar-refractivity contribution in [2.75, 3.05) is 10.6 Å². The normalized spacial score (nSPS) is 15.3. The average Bonchev–Trinajstić information content (AvgIpc) is 2.70. The summed E-state index contributed by atoms with van der Waals surface area (Å²) in [5.74, 6) is -3.57. The third kappa shape index (κ3) is 12.1. The maximum atomic E-state index is 16.8. The van der Waals surface area contributed by atoms with E-state index < -0.39 is 17.6 Å². The summed E-state index contributed by atoms with van der Waals surface area (Å²) in [7, 11) is 0. The molecule has 2 saturated carbocycles. The Morgan fingerprint density at radius 1 is 0.590 bits per heavy atom. The van der Waals surface area contributed by atoms with Gasteiger partial charge in [-0.3, -0.25) is 9.97 Å². The first kappa shape index (κ1) is 52.8. The highest BCUT2D eigenvalue weighted by Crippen LogP contribution is 2.42. The molecule has 2 aliphatic carbocycles. The highest BCUT2D eigenvalue weighted by Gasteiger charge is 2.31. The Labute approximate surface area is 493 Å². The van der Waals surface area contributed by atoms with Gasteiger partial charge >= 0.3 is 0 Å². The average molecular weight is 1140 g/mol. The molecule has 4 atom stereocenters. The fourth-order valence-corrected chi connectivity index (χ4v) is 11.0. The minimum Gasteiger partial charge on any atom is -0.377 e. The molecular weight excluding hydrogens is 1080 g/mol. The Hall–Kier alpha value is -9.51. The Morgan fingerprint density at radius 2 is 1.07 bits per heavy atom. The highest BCUT2D eigenvalue weighted by molar-refractivity contribution is 6.36. The summed E-state index contributed by atoms with van der Waals surface area (Å²) in [5, 5.41) is 64.9. The van der Waals surface area contributed by atoms with Crippen molar-refractivity contribution in [2.24, 2.45) is 0 Å². The van der Waals surface area contributed by atoms with Crippen LogP contribution >= 0.6 is 23.2 Å². The van der Waals surface area contributed by atoms with Crippen LogP contribution in [0.2, 0.25) is 10.0 Å². The van der Waals surface area contributed by atoms with Crippen LogP contribution in [0.4, 0.5) is 15.8 Å². The van der Waals surface area contributed by atoms with E-state index >= 15 is 4.39 Å². The molecule has 6 aromatic carbocycles. The molecule has 4 heterocycles. The summed E-state index contributed by atoms with van der Waals surface area (Å²) in [6.07, 6.45) is 12.1. The van der Waals surface area contributed by atoms with Crippen LogP contribution in [0.25, 0.3) is 21.8 Å². The van der Waals surface area contributed by atoms with E-state index in [0.29, 0.717) is 79.0 Å². The standard InChI is InChI=1S/C33H27ClFN7.C33H28ClN7/c1-2-28(21-8-4-3-5-9-21)39-32-24(17-37)18-38-33-27(34)15-23(31(35)30(32)33)14-26(22-10-6-7-20(13-22)16-36)29-19-42(41-40-29)25-11-12-25;1-2-30(23-8-4-3-5-9-23)38-32-25(18-36)19-37-33-28(32)15-22(16-29(33)34)14-27(24-10-6-7-21(13-24)17-35)31-20-41(40-39-31)26-11-12-26/h3-10,13,15,18-19,25-26,28H,2,11-12,14H2,1H3,(H,38,39);3-10,13,15-16,19-20,26-27,30H,2,11-12,14H2,1H3,(H,37,38)/t26-,28-;27-,30-/m11/s1/i26D;27D. The van der Waals surface area contributed by atoms with Gasteiger partial charge in [-0.1, -0.05) is 132 Å². The zero-order valence-electron chi connectivity index (χ0n) is 47.4. The van der Waals surface area contributed by atoms with Crippen molar-refractivity contribution in [1.29, 1.82) is 21.0 Å². The SMILES string of the molecule is [2H][C@@](Cc1cc(Cl)c2ncc(C#N)c(N[C@H](CC)c3ccccc3)c2c1)(c1cccc(C#N)c1)c1cn(C2CC2)nn1.[2H][C@@](Cc1cc(Cl)c2ncc(C#N)c(N[C@H](CC)c3ccccc3)c2c1F)(c1cccc(C#N)c1)c1cn(C2CC2)nn1. The number of pyridine rings is 2. The second-order valence-electron chi connectivity index (χ2n) is 20.7. The van der Waals surface area contributed by atoms with E-state index in [1.54, 1.807) is 59.5 Å². The quantitative estimate of drug-likeness (QED) is 0.0823. The minimum absolute atomic E-state index is 0.0345. The monoisotopic (exact) mass is 1130 g/mol. The fourth-order valence-electron chi connectivity index (χ4n) is 10.4. The summed E-state index contributed by atoms with van der Waals surface area (Å²) in [5.41, 5.74) is 8.16. The van der Waals surface area contributed by atoms with Crippen LogP contribution < -0.4 is 10.6 Å². The molecule has 2 fully saturated rings. The van der Waals surface area contributed by atoms with Gasteiger partial charge in [-0.05, 0) is 127 Å². The molecule has 14 nitrogen and oxygen atoms in total. The lowest BCUT2D eigenvalue weighted by Crippen LogP contribution is -2.13. The van der Waals surface area contributed by atoms with Crippen LogP contribution in [-0.4, -0.2) is 40.0 Å². The molecule has 2 N–H and O–H groups in total. The van der Waals surface area contributed by atoms with Crippen LogP contribution in [-0.2, 0) is 12.8 Å². The molecule has 2 aliphatic rings. The Morgan fingerprint density at radius 3 is 1.58 bits per heavy atom. The lowest BCUT2D eigenvalue weighted by Gasteiger charge is -2.22. The Bertz CT molecular complexity index is 4310. The number of fused-ring (bicyclic) bond motifs is 2. The van der Waals surface area contributed by atoms with E-state index in [9.17, 15) is 23.8 Å². The van der Waals surface area contributed by atoms with Crippen LogP contribution in [0.5, 0.6) is 0 Å². The lowest BCUT2D eigenvalue weighted by molar-refractivity contribution is 0.607. The smallest absolute Gasteiger partial charge is 0.138 e. The maximum absolute atomic E-state index is 16.8. The molecule has 0 saturated heterocycles. The van der Waals surface area contributed by atoms with Gasteiger partial charge in [0.15, 0.2) is 0 Å². The van der Waals surface area contributed by atoms with Gasteiger partial charge in [-0.15, -0.1) is 10.2 Å². The van der Waals surface area contributed by atoms with E-state index in [1.165, 1.54) is 12.3 Å². The zero-order valence-corrected chi connectivity index (χ0v) is 46.9. The van der Waals surface area contributed by atoms with E-state index in [0.717, 1.165) is 48.8 Å². The van der Waals surface area contributed by atoms with Gasteiger partial charge in [0.25, 0.3) is 0 Å². The summed E-state index contributed by atoms with van der Waals surface area (Å²) >= 11 is 13.6. The van der Waals surface area contributed by atoms with Crippen LogP contribution in [0, 0.1) is 51.1 Å². The molecule has 0 bridgehead atoms. The van der Waals surface area contributed by atoms with Crippen molar-refractivity contribution in [3.05, 3.63) is 235 Å². The number of nitrogens with zero attached hydrogens (tertiary/aromatic N) is 12. The number of nitriles is 4. The Kier molecular flexibility index (Phi) is 15.7. The molecule has 0 unspecified atom stereocenters. The van der Waals surface area contributed by atoms with E-state index in [2.05, 4.69) is 84.6 Å². The molecule has 0 amide bonds. The highest BCUT2D eigenvalue weighted by atomic mass is 35.5. The second-order valence-corrected chi connectivity index (χ2v) is 21.5. The molecule has 410 valence electrons. The number of benzene rings is 6. The maximum Gasteiger partial charge on any atom is 0.138 e. The van der Waals surface area contributed by atoms with Gasteiger partial charge in [0.2, 0.25) is 0 Å². The van der Waals surface area contributed by atoms with Crippen molar-refractivity contribution in [2.45, 2.75) is 101 Å². The van der Waals surface area contributed by atoms with Gasteiger partial charge in [0.1, 0.15) is 18.0 Å². The van der Waals surface area contributed by atoms with Crippen molar-refractivity contribution >= 4 is 56.4 Å². The molecule has 0 aliphatic heterocycles. The van der Waals surface area contributed by atoms with Gasteiger partial charge in [-0.25, -0.2) is 13.8 Å². The topological polar surface area (TPSA) is 206 Å². The van der Waals surface area contributed by atoms with E-state index in [4.69, 9.17) is 23.2 Å². The number of nitrogens with one attached hydrogen (secondary N) is 2. The number of halogens is 3. The van der Waals surface area contributed by atoms with Crippen molar-refractivity contribution in [3.63, 3.8) is 0 Å². The first-order chi connectivity index (χ1) is 41.3. The number of rotatable bonds is 18. The summed E-state index contributed by atoms with van der Waals surface area (Å²) in [6.45, 7) is 4.10. The first-order valence-electron chi connectivity index (χ1n) is 28.5. The van der Waals surface area contributed by atoms with Crippen LogP contribution in [0.1, 0.15) is 158 Å². The minimum atomic E-state index is -1.60. The zero-order chi connectivity index (χ0) is 59.4. The fraction of sp³-hybridized carbons (Fsp3) is 0.242. The summed E-state index contributed by atoms with van der Waals surface area (Å²) in [4.78, 5) is 8.86. The van der Waals surface area contributed by atoms with Crippen molar-refractivity contribution in [3.8, 4) is 24.3 Å². The largest absolute Gasteiger partial charge is 0.377 e. The number of anilines is 2. The van der Waals surface area contributed by atoms with Gasteiger partial charge in [-0.2, -0.15) is 21.0 Å². The lowest BCUT2D eigenvalue weighted by atomic mass is 9.88. The molecule has 4 aromatic heterocycles. The van der Waals surface area contributed by atoms with Gasteiger partial charge in [0.05, 0.1) is 108 Å². The van der Waals surface area contributed by atoms with E-state index in [1.807, 2.05) is 84.5 Å². The van der Waals surface area contributed by atoms with Crippen LogP contribution in [0.3, 0.4) is 0 Å². The first-order valence-corrected chi connectivity index (χ1v) is 28.2. The molecular formula is C66H55Cl2FN14. The molecule has 0 radical (unpaired) electrons. The predicted molar refractivity (Wildman–Crippen MR) is 319 cm³/mol. The van der Waals surface area contributed by atoms with Gasteiger partial charge in [0, 0.05) is 44.7 Å². The van der Waals surface area contributed by atoms with E-state index in [-0.39, 0.29) is 58.0 Å². The van der Waals surface area contributed by atoms with Crippen molar-refractivity contribution in [1.82, 2.24) is 40.0 Å². The predicted octanol–water partition coefficient (Wildman–Crippen LogP) is 15.1. The Balaban J connectivity index is 0.000000177. The molecule has 17 heteroatoms. The molecule has 12 rings (SSSR count). The molecule has 10 aromatic rings. The second kappa shape index (κ2) is 24.7. The van der Waals surface area contributed by atoms with Gasteiger partial charge < -0.3 is 10.6 Å². The third-order valence-electron chi connectivity index (χ3n) is 15.1.